The predicted molar refractivity (Wildman–Crippen MR) is 74.0 cm³/mol. The van der Waals surface area contributed by atoms with Crippen molar-refractivity contribution >= 4 is 5.91 Å². The SMILES string of the molecule is NCCn1cnc(C(=O)N2CCc3ncccc3C2)c1. The third-order valence-electron chi connectivity index (χ3n) is 3.49. The number of carbonyl (C=O) groups excluding carboxylic acids is 1. The van der Waals surface area contributed by atoms with Crippen LogP contribution in [0.25, 0.3) is 0 Å². The van der Waals surface area contributed by atoms with Crippen LogP contribution in [0.15, 0.2) is 30.9 Å². The van der Waals surface area contributed by atoms with Crippen molar-refractivity contribution in [1.82, 2.24) is 19.4 Å². The molecular formula is C14H17N5O. The van der Waals surface area contributed by atoms with Gasteiger partial charge in [0.2, 0.25) is 0 Å². The van der Waals surface area contributed by atoms with Gasteiger partial charge in [-0.25, -0.2) is 4.98 Å². The van der Waals surface area contributed by atoms with Gasteiger partial charge in [0, 0.05) is 50.7 Å². The average molecular weight is 271 g/mol. The Balaban J connectivity index is 1.75. The van der Waals surface area contributed by atoms with Crippen molar-refractivity contribution in [2.45, 2.75) is 19.5 Å². The summed E-state index contributed by atoms with van der Waals surface area (Å²) >= 11 is 0. The molecule has 0 fully saturated rings. The van der Waals surface area contributed by atoms with E-state index in [4.69, 9.17) is 5.73 Å². The Morgan fingerprint density at radius 2 is 2.30 bits per heavy atom. The van der Waals surface area contributed by atoms with E-state index in [1.807, 2.05) is 21.6 Å². The normalized spacial score (nSPS) is 14.2. The number of nitrogens with zero attached hydrogens (tertiary/aromatic N) is 4. The monoisotopic (exact) mass is 271 g/mol. The highest BCUT2D eigenvalue weighted by Crippen LogP contribution is 2.18. The van der Waals surface area contributed by atoms with E-state index in [1.54, 1.807) is 18.7 Å². The van der Waals surface area contributed by atoms with Crippen LogP contribution in [0, 0.1) is 0 Å². The average Bonchev–Trinajstić information content (AvgIpc) is 2.95. The highest BCUT2D eigenvalue weighted by molar-refractivity contribution is 5.92. The van der Waals surface area contributed by atoms with Gasteiger partial charge in [-0.15, -0.1) is 0 Å². The molecule has 6 heteroatoms. The first-order chi connectivity index (χ1) is 9.78. The largest absolute Gasteiger partial charge is 0.335 e. The van der Waals surface area contributed by atoms with Gasteiger partial charge >= 0.3 is 0 Å². The summed E-state index contributed by atoms with van der Waals surface area (Å²) in [5.41, 5.74) is 8.18. The fourth-order valence-electron chi connectivity index (χ4n) is 2.44. The topological polar surface area (TPSA) is 77.0 Å². The number of rotatable bonds is 3. The van der Waals surface area contributed by atoms with Crippen LogP contribution in [0.2, 0.25) is 0 Å². The molecule has 0 radical (unpaired) electrons. The molecule has 2 N–H and O–H groups in total. The van der Waals surface area contributed by atoms with Gasteiger partial charge in [0.05, 0.1) is 6.33 Å². The maximum absolute atomic E-state index is 12.4. The van der Waals surface area contributed by atoms with Crippen molar-refractivity contribution in [3.8, 4) is 0 Å². The molecule has 0 aliphatic carbocycles. The third-order valence-corrected chi connectivity index (χ3v) is 3.49. The van der Waals surface area contributed by atoms with Crippen LogP contribution in [0.3, 0.4) is 0 Å². The number of pyridine rings is 1. The zero-order valence-corrected chi connectivity index (χ0v) is 11.2. The minimum Gasteiger partial charge on any atom is -0.335 e. The zero-order chi connectivity index (χ0) is 13.9. The van der Waals surface area contributed by atoms with Gasteiger partial charge in [-0.05, 0) is 11.6 Å². The molecule has 0 unspecified atom stereocenters. The van der Waals surface area contributed by atoms with Gasteiger partial charge in [-0.1, -0.05) is 6.07 Å². The molecule has 6 nitrogen and oxygen atoms in total. The highest BCUT2D eigenvalue weighted by Gasteiger charge is 2.23. The number of carbonyl (C=O) groups is 1. The van der Waals surface area contributed by atoms with Crippen LogP contribution in [0.1, 0.15) is 21.7 Å². The summed E-state index contributed by atoms with van der Waals surface area (Å²) < 4.78 is 1.84. The fourth-order valence-corrected chi connectivity index (χ4v) is 2.44. The van der Waals surface area contributed by atoms with E-state index in [0.29, 0.717) is 31.9 Å². The Morgan fingerprint density at radius 3 is 3.15 bits per heavy atom. The molecule has 0 bridgehead atoms. The second kappa shape index (κ2) is 5.42. The number of aromatic nitrogens is 3. The first kappa shape index (κ1) is 12.8. The maximum atomic E-state index is 12.4. The molecule has 2 aromatic rings. The Hall–Kier alpha value is -2.21. The minimum atomic E-state index is -0.0322. The Kier molecular flexibility index (Phi) is 3.47. The number of nitrogens with two attached hydrogens (primary N) is 1. The number of hydrogen-bond acceptors (Lipinski definition) is 4. The number of fused-ring (bicyclic) bond motifs is 1. The molecule has 0 aromatic carbocycles. The van der Waals surface area contributed by atoms with Gasteiger partial charge in [0.15, 0.2) is 0 Å². The predicted octanol–water partition coefficient (Wildman–Crippen LogP) is 0.435. The molecule has 0 saturated carbocycles. The molecule has 1 aliphatic rings. The quantitative estimate of drug-likeness (QED) is 0.878. The summed E-state index contributed by atoms with van der Waals surface area (Å²) in [6.07, 6.45) is 6.00. The smallest absolute Gasteiger partial charge is 0.274 e. The summed E-state index contributed by atoms with van der Waals surface area (Å²) in [5.74, 6) is -0.0322. The molecule has 0 atom stereocenters. The van der Waals surface area contributed by atoms with Crippen molar-refractivity contribution < 1.29 is 4.79 Å². The maximum Gasteiger partial charge on any atom is 0.274 e. The molecule has 3 heterocycles. The number of hydrogen-bond donors (Lipinski definition) is 1. The summed E-state index contributed by atoms with van der Waals surface area (Å²) in [7, 11) is 0. The van der Waals surface area contributed by atoms with Crippen LogP contribution in [-0.4, -0.2) is 38.4 Å². The van der Waals surface area contributed by atoms with E-state index in [9.17, 15) is 4.79 Å². The molecule has 1 aliphatic heterocycles. The lowest BCUT2D eigenvalue weighted by molar-refractivity contribution is 0.0728. The fraction of sp³-hybridized carbons (Fsp3) is 0.357. The molecule has 0 spiro atoms. The van der Waals surface area contributed by atoms with E-state index in [1.165, 1.54) is 0 Å². The van der Waals surface area contributed by atoms with E-state index in [2.05, 4.69) is 9.97 Å². The van der Waals surface area contributed by atoms with Crippen LogP contribution < -0.4 is 5.73 Å². The van der Waals surface area contributed by atoms with Crippen LogP contribution >= 0.6 is 0 Å². The molecule has 20 heavy (non-hydrogen) atoms. The van der Waals surface area contributed by atoms with Crippen molar-refractivity contribution in [2.75, 3.05) is 13.1 Å². The second-order valence-electron chi connectivity index (χ2n) is 4.87. The molecule has 2 aromatic heterocycles. The summed E-state index contributed by atoms with van der Waals surface area (Å²) in [5, 5.41) is 0. The lowest BCUT2D eigenvalue weighted by Gasteiger charge is -2.27. The molecular weight excluding hydrogens is 254 g/mol. The summed E-state index contributed by atoms with van der Waals surface area (Å²) in [6, 6.07) is 3.93. The van der Waals surface area contributed by atoms with Gasteiger partial charge in [0.25, 0.3) is 5.91 Å². The van der Waals surface area contributed by atoms with Crippen molar-refractivity contribution in [3.63, 3.8) is 0 Å². The second-order valence-corrected chi connectivity index (χ2v) is 4.87. The lowest BCUT2D eigenvalue weighted by Crippen LogP contribution is -2.36. The van der Waals surface area contributed by atoms with E-state index < -0.39 is 0 Å². The Labute approximate surface area is 117 Å². The van der Waals surface area contributed by atoms with Crippen molar-refractivity contribution in [1.29, 1.82) is 0 Å². The number of amides is 1. The van der Waals surface area contributed by atoms with Gasteiger partial charge in [-0.3, -0.25) is 9.78 Å². The molecule has 104 valence electrons. The van der Waals surface area contributed by atoms with Gasteiger partial charge in [0.1, 0.15) is 5.69 Å². The van der Waals surface area contributed by atoms with Gasteiger partial charge in [-0.2, -0.15) is 0 Å². The Morgan fingerprint density at radius 1 is 1.40 bits per heavy atom. The lowest BCUT2D eigenvalue weighted by atomic mass is 10.1. The molecule has 0 saturated heterocycles. The highest BCUT2D eigenvalue weighted by atomic mass is 16.2. The number of imidazole rings is 1. The first-order valence-electron chi connectivity index (χ1n) is 6.72. The summed E-state index contributed by atoms with van der Waals surface area (Å²) in [6.45, 7) is 2.50. The van der Waals surface area contributed by atoms with Gasteiger partial charge < -0.3 is 15.2 Å². The van der Waals surface area contributed by atoms with Crippen molar-refractivity contribution in [3.05, 3.63) is 47.8 Å². The summed E-state index contributed by atoms with van der Waals surface area (Å²) in [4.78, 5) is 22.8. The van der Waals surface area contributed by atoms with Crippen molar-refractivity contribution in [2.24, 2.45) is 5.73 Å². The standard InChI is InChI=1S/C14H17N5O/c15-4-7-18-9-13(17-10-18)14(20)19-6-3-12-11(8-19)2-1-5-16-12/h1-2,5,9-10H,3-4,6-8,15H2. The Bertz CT molecular complexity index is 622. The third kappa shape index (κ3) is 2.42. The molecule has 1 amide bonds. The van der Waals surface area contributed by atoms with E-state index >= 15 is 0 Å². The minimum absolute atomic E-state index is 0.0322. The first-order valence-corrected chi connectivity index (χ1v) is 6.72. The van der Waals surface area contributed by atoms with Crippen LogP contribution in [0.4, 0.5) is 0 Å². The van der Waals surface area contributed by atoms with Crippen LogP contribution in [0.5, 0.6) is 0 Å². The van der Waals surface area contributed by atoms with E-state index in [0.717, 1.165) is 17.7 Å². The molecule has 3 rings (SSSR count). The van der Waals surface area contributed by atoms with E-state index in [-0.39, 0.29) is 5.91 Å². The van der Waals surface area contributed by atoms with Crippen LogP contribution in [-0.2, 0) is 19.5 Å². The zero-order valence-electron chi connectivity index (χ0n) is 11.2.